The SMILES string of the molecule is CC(C)C(NC(=O)NCCC(=O)O)c1cccs1. The highest BCUT2D eigenvalue weighted by molar-refractivity contribution is 7.10. The Bertz CT molecular complexity index is 390. The second kappa shape index (κ2) is 7.00. The Hall–Kier alpha value is -1.56. The zero-order chi connectivity index (χ0) is 13.5. The first-order chi connectivity index (χ1) is 8.50. The number of hydrogen-bond donors (Lipinski definition) is 3. The molecule has 1 heterocycles. The van der Waals surface area contributed by atoms with Crippen molar-refractivity contribution in [3.63, 3.8) is 0 Å². The van der Waals surface area contributed by atoms with Crippen LogP contribution < -0.4 is 10.6 Å². The molecule has 1 aromatic heterocycles. The van der Waals surface area contributed by atoms with E-state index in [1.54, 1.807) is 11.3 Å². The van der Waals surface area contributed by atoms with Gasteiger partial charge in [-0.2, -0.15) is 0 Å². The van der Waals surface area contributed by atoms with Crippen molar-refractivity contribution in [1.29, 1.82) is 0 Å². The molecule has 0 spiro atoms. The van der Waals surface area contributed by atoms with Crippen LogP contribution in [0.1, 0.15) is 31.2 Å². The third kappa shape index (κ3) is 4.75. The van der Waals surface area contributed by atoms with Crippen LogP contribution in [0.2, 0.25) is 0 Å². The van der Waals surface area contributed by atoms with E-state index in [0.29, 0.717) is 0 Å². The summed E-state index contributed by atoms with van der Waals surface area (Å²) in [6.07, 6.45) is -0.0707. The lowest BCUT2D eigenvalue weighted by Crippen LogP contribution is -2.40. The van der Waals surface area contributed by atoms with Crippen molar-refractivity contribution in [2.24, 2.45) is 5.92 Å². The summed E-state index contributed by atoms with van der Waals surface area (Å²) in [5.74, 6) is -0.650. The van der Waals surface area contributed by atoms with E-state index < -0.39 is 5.97 Å². The van der Waals surface area contributed by atoms with Crippen molar-refractivity contribution >= 4 is 23.3 Å². The number of hydrogen-bond acceptors (Lipinski definition) is 3. The molecule has 18 heavy (non-hydrogen) atoms. The summed E-state index contributed by atoms with van der Waals surface area (Å²) in [5.41, 5.74) is 0. The number of carbonyl (C=O) groups is 2. The molecular weight excluding hydrogens is 252 g/mol. The molecule has 100 valence electrons. The number of carboxylic acid groups (broad SMARTS) is 1. The minimum Gasteiger partial charge on any atom is -0.481 e. The molecule has 2 amide bonds. The summed E-state index contributed by atoms with van der Waals surface area (Å²) in [5, 5.41) is 15.8. The molecule has 0 saturated heterocycles. The number of nitrogens with one attached hydrogen (secondary N) is 2. The third-order valence-corrected chi connectivity index (χ3v) is 3.38. The predicted molar refractivity (Wildman–Crippen MR) is 70.7 cm³/mol. The van der Waals surface area contributed by atoms with Gasteiger partial charge in [-0.05, 0) is 17.4 Å². The number of aliphatic carboxylic acids is 1. The van der Waals surface area contributed by atoms with Crippen molar-refractivity contribution in [1.82, 2.24) is 10.6 Å². The fourth-order valence-corrected chi connectivity index (χ4v) is 2.46. The van der Waals surface area contributed by atoms with Crippen LogP contribution in [0.4, 0.5) is 4.79 Å². The lowest BCUT2D eigenvalue weighted by Gasteiger charge is -2.21. The van der Waals surface area contributed by atoms with Gasteiger partial charge >= 0.3 is 12.0 Å². The fraction of sp³-hybridized carbons (Fsp3) is 0.500. The van der Waals surface area contributed by atoms with Gasteiger partial charge in [0.25, 0.3) is 0 Å². The highest BCUT2D eigenvalue weighted by Crippen LogP contribution is 2.25. The summed E-state index contributed by atoms with van der Waals surface area (Å²) in [4.78, 5) is 23.0. The van der Waals surface area contributed by atoms with Crippen molar-refractivity contribution in [3.8, 4) is 0 Å². The number of urea groups is 1. The number of thiophene rings is 1. The molecule has 1 rings (SSSR count). The van der Waals surface area contributed by atoms with Gasteiger partial charge in [0.15, 0.2) is 0 Å². The molecule has 1 aromatic rings. The van der Waals surface area contributed by atoms with E-state index in [4.69, 9.17) is 5.11 Å². The lowest BCUT2D eigenvalue weighted by molar-refractivity contribution is -0.136. The first kappa shape index (κ1) is 14.5. The maximum atomic E-state index is 11.6. The molecular formula is C12H18N2O3S. The van der Waals surface area contributed by atoms with Gasteiger partial charge in [-0.25, -0.2) is 4.79 Å². The largest absolute Gasteiger partial charge is 0.481 e. The zero-order valence-electron chi connectivity index (χ0n) is 10.5. The van der Waals surface area contributed by atoms with Gasteiger partial charge in [-0.15, -0.1) is 11.3 Å². The molecule has 0 aliphatic carbocycles. The normalized spacial score (nSPS) is 12.2. The van der Waals surface area contributed by atoms with Crippen LogP contribution in [0.3, 0.4) is 0 Å². The topological polar surface area (TPSA) is 78.4 Å². The maximum absolute atomic E-state index is 11.6. The molecule has 1 unspecified atom stereocenters. The van der Waals surface area contributed by atoms with Crippen molar-refractivity contribution < 1.29 is 14.7 Å². The van der Waals surface area contributed by atoms with Crippen molar-refractivity contribution in [3.05, 3.63) is 22.4 Å². The Morgan fingerprint density at radius 1 is 1.44 bits per heavy atom. The van der Waals surface area contributed by atoms with Gasteiger partial charge in [0.05, 0.1) is 12.5 Å². The smallest absolute Gasteiger partial charge is 0.315 e. The zero-order valence-corrected chi connectivity index (χ0v) is 11.3. The van der Waals surface area contributed by atoms with Crippen LogP contribution in [0.15, 0.2) is 17.5 Å². The van der Waals surface area contributed by atoms with Crippen LogP contribution in [0, 0.1) is 5.92 Å². The van der Waals surface area contributed by atoms with E-state index in [2.05, 4.69) is 10.6 Å². The Morgan fingerprint density at radius 2 is 2.17 bits per heavy atom. The van der Waals surface area contributed by atoms with Gasteiger partial charge in [0.1, 0.15) is 0 Å². The minimum atomic E-state index is -0.922. The quantitative estimate of drug-likeness (QED) is 0.741. The number of rotatable bonds is 6. The van der Waals surface area contributed by atoms with Crippen LogP contribution in [0.25, 0.3) is 0 Å². The second-order valence-corrected chi connectivity index (χ2v) is 5.26. The van der Waals surface area contributed by atoms with Gasteiger partial charge < -0.3 is 15.7 Å². The highest BCUT2D eigenvalue weighted by atomic mass is 32.1. The third-order valence-electron chi connectivity index (χ3n) is 2.43. The number of carboxylic acids is 1. The Balaban J connectivity index is 2.47. The molecule has 0 radical (unpaired) electrons. The maximum Gasteiger partial charge on any atom is 0.315 e. The molecule has 0 aliphatic rings. The standard InChI is InChI=1S/C12H18N2O3S/c1-8(2)11(9-4-3-7-18-9)14-12(17)13-6-5-10(15)16/h3-4,7-8,11H,5-6H2,1-2H3,(H,15,16)(H2,13,14,17). The molecule has 6 heteroatoms. The Kier molecular flexibility index (Phi) is 5.64. The van der Waals surface area contributed by atoms with E-state index in [0.717, 1.165) is 4.88 Å². The number of carbonyl (C=O) groups excluding carboxylic acids is 1. The second-order valence-electron chi connectivity index (χ2n) is 4.28. The summed E-state index contributed by atoms with van der Waals surface area (Å²) in [6.45, 7) is 4.19. The summed E-state index contributed by atoms with van der Waals surface area (Å²) >= 11 is 1.59. The summed E-state index contributed by atoms with van der Waals surface area (Å²) in [6, 6.07) is 3.55. The molecule has 3 N–H and O–H groups in total. The molecule has 0 saturated carbocycles. The average Bonchev–Trinajstić information content (AvgIpc) is 2.78. The molecule has 0 fully saturated rings. The van der Waals surface area contributed by atoms with E-state index in [1.165, 1.54) is 0 Å². The molecule has 5 nitrogen and oxygen atoms in total. The Labute approximate surface area is 110 Å². The van der Waals surface area contributed by atoms with E-state index in [9.17, 15) is 9.59 Å². The van der Waals surface area contributed by atoms with E-state index >= 15 is 0 Å². The molecule has 0 aromatic carbocycles. The van der Waals surface area contributed by atoms with Gasteiger partial charge in [0, 0.05) is 11.4 Å². The fourth-order valence-electron chi connectivity index (χ4n) is 1.51. The first-order valence-corrected chi connectivity index (χ1v) is 6.68. The van der Waals surface area contributed by atoms with Crippen molar-refractivity contribution in [2.45, 2.75) is 26.3 Å². The van der Waals surface area contributed by atoms with Crippen molar-refractivity contribution in [2.75, 3.05) is 6.54 Å². The Morgan fingerprint density at radius 3 is 2.67 bits per heavy atom. The van der Waals surface area contributed by atoms with Crippen LogP contribution in [0.5, 0.6) is 0 Å². The first-order valence-electron chi connectivity index (χ1n) is 5.80. The molecule has 1 atom stereocenters. The van der Waals surface area contributed by atoms with Gasteiger partial charge in [-0.1, -0.05) is 19.9 Å². The highest BCUT2D eigenvalue weighted by Gasteiger charge is 2.18. The average molecular weight is 270 g/mol. The van der Waals surface area contributed by atoms with Crippen LogP contribution in [-0.4, -0.2) is 23.7 Å². The molecule has 0 aliphatic heterocycles. The monoisotopic (exact) mass is 270 g/mol. The minimum absolute atomic E-state index is 0.0465. The van der Waals surface area contributed by atoms with E-state index in [-0.39, 0.29) is 31.0 Å². The van der Waals surface area contributed by atoms with Gasteiger partial charge in [0.2, 0.25) is 0 Å². The van der Waals surface area contributed by atoms with Crippen LogP contribution >= 0.6 is 11.3 Å². The van der Waals surface area contributed by atoms with E-state index in [1.807, 2.05) is 31.4 Å². The lowest BCUT2D eigenvalue weighted by atomic mass is 10.0. The summed E-state index contributed by atoms with van der Waals surface area (Å²) in [7, 11) is 0. The predicted octanol–water partition coefficient (Wildman–Crippen LogP) is 2.22. The van der Waals surface area contributed by atoms with Gasteiger partial charge in [-0.3, -0.25) is 4.79 Å². The van der Waals surface area contributed by atoms with Crippen LogP contribution in [-0.2, 0) is 4.79 Å². The number of amides is 2. The molecule has 0 bridgehead atoms. The summed E-state index contributed by atoms with van der Waals surface area (Å²) < 4.78 is 0.